The summed E-state index contributed by atoms with van der Waals surface area (Å²) >= 11 is 3.48. The number of aliphatic hydroxyl groups is 1. The maximum absolute atomic E-state index is 9.00. The Morgan fingerprint density at radius 3 is 2.71 bits per heavy atom. The van der Waals surface area contributed by atoms with Crippen LogP contribution in [0, 0.1) is 11.3 Å². The van der Waals surface area contributed by atoms with Gasteiger partial charge in [-0.25, -0.2) is 0 Å². The van der Waals surface area contributed by atoms with Crippen molar-refractivity contribution in [1.29, 1.82) is 5.26 Å². The molecule has 0 aliphatic heterocycles. The highest BCUT2D eigenvalue weighted by atomic mass is 79.9. The summed E-state index contributed by atoms with van der Waals surface area (Å²) in [5.74, 6) is 0. The summed E-state index contributed by atoms with van der Waals surface area (Å²) in [6.07, 6.45) is 1.06. The van der Waals surface area contributed by atoms with Crippen LogP contribution >= 0.6 is 15.9 Å². The van der Waals surface area contributed by atoms with E-state index in [2.05, 4.69) is 33.8 Å². The van der Waals surface area contributed by atoms with Gasteiger partial charge in [-0.1, -0.05) is 28.9 Å². The molecule has 0 aliphatic rings. The van der Waals surface area contributed by atoms with Gasteiger partial charge < -0.3 is 5.11 Å². The first-order valence-corrected chi connectivity index (χ1v) is 6.52. The molecule has 3 nitrogen and oxygen atoms in total. The Morgan fingerprint density at radius 1 is 1.41 bits per heavy atom. The summed E-state index contributed by atoms with van der Waals surface area (Å²) in [6.45, 7) is 4.74. The Hall–Kier alpha value is -0.890. The minimum atomic E-state index is 0.175. The molecule has 92 valence electrons. The van der Waals surface area contributed by atoms with Crippen molar-refractivity contribution in [3.63, 3.8) is 0 Å². The largest absolute Gasteiger partial charge is 0.395 e. The second kappa shape index (κ2) is 7.44. The fraction of sp³-hybridized carbons (Fsp3) is 0.462. The molecule has 0 saturated carbocycles. The van der Waals surface area contributed by atoms with Crippen molar-refractivity contribution >= 4 is 15.9 Å². The minimum Gasteiger partial charge on any atom is -0.395 e. The van der Waals surface area contributed by atoms with Gasteiger partial charge in [0.1, 0.15) is 0 Å². The van der Waals surface area contributed by atoms with Gasteiger partial charge in [-0.2, -0.15) is 5.26 Å². The first kappa shape index (κ1) is 14.2. The van der Waals surface area contributed by atoms with Crippen molar-refractivity contribution in [3.8, 4) is 6.07 Å². The van der Waals surface area contributed by atoms with E-state index in [1.807, 2.05) is 18.2 Å². The molecule has 1 aromatic rings. The number of benzene rings is 1. The van der Waals surface area contributed by atoms with Gasteiger partial charge in [-0.15, -0.1) is 0 Å². The van der Waals surface area contributed by atoms with Crippen molar-refractivity contribution in [2.24, 2.45) is 0 Å². The predicted molar refractivity (Wildman–Crippen MR) is 71.5 cm³/mol. The van der Waals surface area contributed by atoms with Crippen molar-refractivity contribution in [2.45, 2.75) is 19.9 Å². The Morgan fingerprint density at radius 2 is 2.18 bits per heavy atom. The lowest BCUT2D eigenvalue weighted by Gasteiger charge is -2.21. The van der Waals surface area contributed by atoms with Crippen LogP contribution in [0.25, 0.3) is 0 Å². The molecule has 0 bridgehead atoms. The molecular formula is C13H17BrN2O. The third kappa shape index (κ3) is 4.47. The van der Waals surface area contributed by atoms with Crippen molar-refractivity contribution < 1.29 is 5.11 Å². The summed E-state index contributed by atoms with van der Waals surface area (Å²) in [5, 5.41) is 17.8. The third-order valence-electron chi connectivity index (χ3n) is 2.53. The molecule has 4 heteroatoms. The minimum absolute atomic E-state index is 0.175. The topological polar surface area (TPSA) is 47.3 Å². The fourth-order valence-electron chi connectivity index (χ4n) is 1.71. The van der Waals surface area contributed by atoms with E-state index in [1.54, 1.807) is 0 Å². The summed E-state index contributed by atoms with van der Waals surface area (Å²) < 4.78 is 0.954. The zero-order chi connectivity index (χ0) is 12.7. The van der Waals surface area contributed by atoms with Crippen LogP contribution < -0.4 is 0 Å². The second-order valence-electron chi connectivity index (χ2n) is 3.92. The average Bonchev–Trinajstić information content (AvgIpc) is 2.32. The van der Waals surface area contributed by atoms with Crippen molar-refractivity contribution in [1.82, 2.24) is 4.90 Å². The van der Waals surface area contributed by atoms with Crippen LogP contribution in [-0.4, -0.2) is 29.7 Å². The van der Waals surface area contributed by atoms with E-state index in [1.165, 1.54) is 0 Å². The molecule has 0 aliphatic carbocycles. The molecule has 0 unspecified atom stereocenters. The number of nitriles is 1. The normalized spacial score (nSPS) is 10.5. The molecule has 1 aromatic carbocycles. The van der Waals surface area contributed by atoms with Crippen LogP contribution in [0.15, 0.2) is 22.7 Å². The highest BCUT2D eigenvalue weighted by molar-refractivity contribution is 9.10. The van der Waals surface area contributed by atoms with Gasteiger partial charge in [0.15, 0.2) is 0 Å². The van der Waals surface area contributed by atoms with Gasteiger partial charge in [0.25, 0.3) is 0 Å². The van der Waals surface area contributed by atoms with E-state index in [4.69, 9.17) is 10.4 Å². The molecule has 1 N–H and O–H groups in total. The predicted octanol–water partition coefficient (Wildman–Crippen LogP) is 2.53. The van der Waals surface area contributed by atoms with E-state index < -0.39 is 0 Å². The quantitative estimate of drug-likeness (QED) is 0.877. The number of halogens is 1. The Labute approximate surface area is 111 Å². The summed E-state index contributed by atoms with van der Waals surface area (Å²) in [7, 11) is 0. The highest BCUT2D eigenvalue weighted by Crippen LogP contribution is 2.20. The van der Waals surface area contributed by atoms with Gasteiger partial charge in [0.05, 0.1) is 18.2 Å². The maximum atomic E-state index is 9.00. The Kier molecular flexibility index (Phi) is 6.20. The van der Waals surface area contributed by atoms with Crippen LogP contribution in [0.5, 0.6) is 0 Å². The Bertz CT molecular complexity index is 395. The lowest BCUT2D eigenvalue weighted by molar-refractivity contribution is 0.190. The number of aliphatic hydroxyl groups excluding tert-OH is 1. The van der Waals surface area contributed by atoms with Gasteiger partial charge in [-0.05, 0) is 30.7 Å². The van der Waals surface area contributed by atoms with Crippen LogP contribution in [0.4, 0.5) is 0 Å². The van der Waals surface area contributed by atoms with E-state index >= 15 is 0 Å². The molecular weight excluding hydrogens is 280 g/mol. The van der Waals surface area contributed by atoms with Crippen molar-refractivity contribution in [3.05, 3.63) is 33.8 Å². The second-order valence-corrected chi connectivity index (χ2v) is 4.77. The third-order valence-corrected chi connectivity index (χ3v) is 3.27. The Balaban J connectivity index is 2.75. The summed E-state index contributed by atoms with van der Waals surface area (Å²) in [4.78, 5) is 2.20. The lowest BCUT2D eigenvalue weighted by atomic mass is 10.1. The SMILES string of the molecule is CCCN(CCO)Cc1ccc(C#N)cc1Br. The van der Waals surface area contributed by atoms with E-state index in [0.29, 0.717) is 12.1 Å². The lowest BCUT2D eigenvalue weighted by Crippen LogP contribution is -2.27. The molecule has 0 saturated heterocycles. The molecule has 0 amide bonds. The van der Waals surface area contributed by atoms with Crippen LogP contribution in [0.1, 0.15) is 24.5 Å². The number of nitrogens with zero attached hydrogens (tertiary/aromatic N) is 2. The summed E-state index contributed by atoms with van der Waals surface area (Å²) in [6, 6.07) is 7.73. The molecule has 1 rings (SSSR count). The van der Waals surface area contributed by atoms with Crippen molar-refractivity contribution in [2.75, 3.05) is 19.7 Å². The molecule has 0 aromatic heterocycles. The van der Waals surface area contributed by atoms with E-state index in [-0.39, 0.29) is 6.61 Å². The van der Waals surface area contributed by atoms with Crippen LogP contribution in [0.2, 0.25) is 0 Å². The molecule has 0 heterocycles. The standard InChI is InChI=1S/C13H17BrN2O/c1-2-5-16(6-7-17)10-12-4-3-11(9-15)8-13(12)14/h3-4,8,17H,2,5-7,10H2,1H3. The molecule has 0 atom stereocenters. The zero-order valence-corrected chi connectivity index (χ0v) is 11.6. The molecule has 0 spiro atoms. The first-order chi connectivity index (χ1) is 8.21. The first-order valence-electron chi connectivity index (χ1n) is 5.73. The fourth-order valence-corrected chi connectivity index (χ4v) is 2.22. The maximum Gasteiger partial charge on any atom is 0.0992 e. The number of hydrogen-bond donors (Lipinski definition) is 1. The number of rotatable bonds is 6. The van der Waals surface area contributed by atoms with Gasteiger partial charge in [0, 0.05) is 17.6 Å². The van der Waals surface area contributed by atoms with Crippen LogP contribution in [0.3, 0.4) is 0 Å². The summed E-state index contributed by atoms with van der Waals surface area (Å²) in [5.41, 5.74) is 1.80. The van der Waals surface area contributed by atoms with E-state index in [0.717, 1.165) is 29.5 Å². The zero-order valence-electron chi connectivity index (χ0n) is 9.99. The molecule has 0 fully saturated rings. The monoisotopic (exact) mass is 296 g/mol. The van der Waals surface area contributed by atoms with Gasteiger partial charge in [0.2, 0.25) is 0 Å². The average molecular weight is 297 g/mol. The van der Waals surface area contributed by atoms with Gasteiger partial charge in [-0.3, -0.25) is 4.90 Å². The molecule has 0 radical (unpaired) electrons. The van der Waals surface area contributed by atoms with Crippen LogP contribution in [-0.2, 0) is 6.54 Å². The highest BCUT2D eigenvalue weighted by Gasteiger charge is 2.07. The van der Waals surface area contributed by atoms with Gasteiger partial charge >= 0.3 is 0 Å². The number of hydrogen-bond acceptors (Lipinski definition) is 3. The molecule has 17 heavy (non-hydrogen) atoms. The smallest absolute Gasteiger partial charge is 0.0992 e. The van der Waals surface area contributed by atoms with E-state index in [9.17, 15) is 0 Å².